The topological polar surface area (TPSA) is 93.7 Å². The molecule has 2 aromatic rings. The van der Waals surface area contributed by atoms with Gasteiger partial charge in [-0.15, -0.1) is 0 Å². The first-order chi connectivity index (χ1) is 9.49. The molecule has 20 heavy (non-hydrogen) atoms. The highest BCUT2D eigenvalue weighted by Crippen LogP contribution is 2.28. The van der Waals surface area contributed by atoms with Gasteiger partial charge < -0.3 is 10.7 Å². The summed E-state index contributed by atoms with van der Waals surface area (Å²) in [6.07, 6.45) is -1.27. The molecule has 0 unspecified atom stereocenters. The Kier molecular flexibility index (Phi) is 4.03. The van der Waals surface area contributed by atoms with E-state index in [1.54, 1.807) is 23.1 Å². The van der Waals surface area contributed by atoms with Gasteiger partial charge in [0.05, 0.1) is 6.54 Å². The third kappa shape index (κ3) is 3.57. The van der Waals surface area contributed by atoms with Crippen LogP contribution < -0.4 is 16.6 Å². The van der Waals surface area contributed by atoms with Gasteiger partial charge in [0, 0.05) is 25.0 Å². The zero-order valence-electron chi connectivity index (χ0n) is 10.2. The summed E-state index contributed by atoms with van der Waals surface area (Å²) in [5, 5.41) is 6.73. The first kappa shape index (κ1) is 14.1. The fraction of sp³-hybridized carbons (Fsp3) is 0.300. The fourth-order valence-electron chi connectivity index (χ4n) is 1.47. The van der Waals surface area contributed by atoms with Crippen LogP contribution in [0.25, 0.3) is 0 Å². The van der Waals surface area contributed by atoms with E-state index in [-0.39, 0.29) is 11.6 Å². The fourth-order valence-corrected chi connectivity index (χ4v) is 1.47. The molecule has 0 aromatic carbocycles. The zero-order chi connectivity index (χ0) is 14.6. The Morgan fingerprint density at radius 2 is 2.00 bits per heavy atom. The molecule has 0 spiro atoms. The second-order valence-corrected chi connectivity index (χ2v) is 3.80. The molecule has 10 heteroatoms. The molecule has 0 radical (unpaired) electrons. The molecule has 0 amide bonds. The maximum absolute atomic E-state index is 12.6. The summed E-state index contributed by atoms with van der Waals surface area (Å²) < 4.78 is 39.4. The van der Waals surface area contributed by atoms with Gasteiger partial charge in [-0.1, -0.05) is 0 Å². The Labute approximate surface area is 112 Å². The van der Waals surface area contributed by atoms with Crippen LogP contribution in [0.3, 0.4) is 0 Å². The number of hydrazine groups is 1. The largest absolute Gasteiger partial charge is 0.451 e. The molecule has 2 rings (SSSR count). The van der Waals surface area contributed by atoms with Crippen molar-refractivity contribution in [3.05, 3.63) is 30.4 Å². The van der Waals surface area contributed by atoms with E-state index >= 15 is 0 Å². The summed E-state index contributed by atoms with van der Waals surface area (Å²) in [4.78, 5) is 6.65. The minimum absolute atomic E-state index is 0.0347. The molecule has 2 heterocycles. The normalized spacial score (nSPS) is 11.4. The van der Waals surface area contributed by atoms with Crippen LogP contribution in [-0.2, 0) is 12.7 Å². The van der Waals surface area contributed by atoms with Gasteiger partial charge in [-0.25, -0.2) is 15.8 Å². The Bertz CT molecular complexity index is 552. The van der Waals surface area contributed by atoms with Crippen LogP contribution in [0.4, 0.5) is 24.8 Å². The van der Waals surface area contributed by atoms with Crippen LogP contribution in [0.1, 0.15) is 5.82 Å². The molecule has 2 aromatic heterocycles. The molecule has 0 aliphatic carbocycles. The molecule has 0 saturated carbocycles. The van der Waals surface area contributed by atoms with Gasteiger partial charge in [-0.05, 0) is 6.07 Å². The number of rotatable bonds is 5. The third-order valence-electron chi connectivity index (χ3n) is 2.33. The van der Waals surface area contributed by atoms with Gasteiger partial charge >= 0.3 is 6.18 Å². The Hall–Kier alpha value is -2.36. The van der Waals surface area contributed by atoms with E-state index in [0.29, 0.717) is 13.1 Å². The van der Waals surface area contributed by atoms with E-state index in [1.807, 2.05) is 0 Å². The molecule has 0 atom stereocenters. The summed E-state index contributed by atoms with van der Waals surface area (Å²) in [7, 11) is 0. The monoisotopic (exact) mass is 287 g/mol. The van der Waals surface area contributed by atoms with E-state index in [9.17, 15) is 13.2 Å². The predicted octanol–water partition coefficient (Wildman–Crippen LogP) is 1.09. The van der Waals surface area contributed by atoms with Crippen LogP contribution in [0, 0.1) is 0 Å². The number of alkyl halides is 3. The van der Waals surface area contributed by atoms with Crippen molar-refractivity contribution in [3.8, 4) is 0 Å². The van der Waals surface area contributed by atoms with Gasteiger partial charge in [-0.3, -0.25) is 4.68 Å². The smallest absolute Gasteiger partial charge is 0.368 e. The van der Waals surface area contributed by atoms with Crippen molar-refractivity contribution in [3.63, 3.8) is 0 Å². The predicted molar refractivity (Wildman–Crippen MR) is 65.6 cm³/mol. The average molecular weight is 287 g/mol. The van der Waals surface area contributed by atoms with Crippen molar-refractivity contribution in [2.24, 2.45) is 5.84 Å². The number of hydrogen-bond acceptors (Lipinski definition) is 6. The van der Waals surface area contributed by atoms with E-state index in [2.05, 4.69) is 25.8 Å². The summed E-state index contributed by atoms with van der Waals surface area (Å²) >= 11 is 0. The van der Waals surface area contributed by atoms with Crippen molar-refractivity contribution in [1.82, 2.24) is 19.7 Å². The minimum atomic E-state index is -4.63. The van der Waals surface area contributed by atoms with Crippen molar-refractivity contribution in [2.75, 3.05) is 17.3 Å². The van der Waals surface area contributed by atoms with Crippen molar-refractivity contribution in [2.45, 2.75) is 12.7 Å². The first-order valence-electron chi connectivity index (χ1n) is 5.63. The highest BCUT2D eigenvalue weighted by atomic mass is 19.4. The lowest BCUT2D eigenvalue weighted by molar-refractivity contribution is -0.144. The molecule has 108 valence electrons. The minimum Gasteiger partial charge on any atom is -0.368 e. The second kappa shape index (κ2) is 5.74. The van der Waals surface area contributed by atoms with Crippen LogP contribution in [0.2, 0.25) is 0 Å². The molecular weight excluding hydrogens is 275 g/mol. The molecular formula is C10H12F3N7. The van der Waals surface area contributed by atoms with E-state index in [4.69, 9.17) is 5.84 Å². The quantitative estimate of drug-likeness (QED) is 0.563. The van der Waals surface area contributed by atoms with Gasteiger partial charge in [-0.2, -0.15) is 18.3 Å². The highest BCUT2D eigenvalue weighted by molar-refractivity contribution is 5.47. The summed E-state index contributed by atoms with van der Waals surface area (Å²) in [5.41, 5.74) is 2.08. The van der Waals surface area contributed by atoms with E-state index in [1.165, 1.54) is 6.07 Å². The lowest BCUT2D eigenvalue weighted by Crippen LogP contribution is -2.18. The number of aromatic nitrogens is 4. The molecule has 0 aliphatic rings. The van der Waals surface area contributed by atoms with Crippen molar-refractivity contribution in [1.29, 1.82) is 0 Å². The number of nitrogen functional groups attached to an aromatic ring is 1. The second-order valence-electron chi connectivity index (χ2n) is 3.80. The van der Waals surface area contributed by atoms with E-state index < -0.39 is 12.0 Å². The number of nitrogens with zero attached hydrogens (tertiary/aromatic N) is 4. The number of halogens is 3. The molecule has 0 saturated heterocycles. The van der Waals surface area contributed by atoms with Crippen LogP contribution in [0.15, 0.2) is 24.5 Å². The van der Waals surface area contributed by atoms with Crippen LogP contribution in [-0.4, -0.2) is 26.3 Å². The van der Waals surface area contributed by atoms with Crippen LogP contribution >= 0.6 is 0 Å². The number of nitrogens with two attached hydrogens (primary N) is 1. The molecule has 0 aliphatic heterocycles. The zero-order valence-corrected chi connectivity index (χ0v) is 10.2. The summed E-state index contributed by atoms with van der Waals surface area (Å²) in [6.45, 7) is 0.851. The number of nitrogens with one attached hydrogen (secondary N) is 2. The van der Waals surface area contributed by atoms with Gasteiger partial charge in [0.25, 0.3) is 0 Å². The highest BCUT2D eigenvalue weighted by Gasteiger charge is 2.35. The molecule has 0 bridgehead atoms. The summed E-state index contributed by atoms with van der Waals surface area (Å²) in [5.74, 6) is 3.75. The van der Waals surface area contributed by atoms with Gasteiger partial charge in [0.2, 0.25) is 5.82 Å². The Morgan fingerprint density at radius 3 is 2.60 bits per heavy atom. The standard InChI is InChI=1S/C10H12F3N7/c11-10(12,13)9-17-7(6-8(18-9)19-14)15-3-5-20-4-1-2-16-20/h1-2,4,6H,3,5,14H2,(H2,15,17,18,19). The van der Waals surface area contributed by atoms with Crippen molar-refractivity contribution >= 4 is 11.6 Å². The maximum atomic E-state index is 12.6. The number of hydrogen-bond donors (Lipinski definition) is 3. The Morgan fingerprint density at radius 1 is 1.25 bits per heavy atom. The molecule has 0 fully saturated rings. The first-order valence-corrected chi connectivity index (χ1v) is 5.63. The van der Waals surface area contributed by atoms with Crippen molar-refractivity contribution < 1.29 is 13.2 Å². The lowest BCUT2D eigenvalue weighted by Gasteiger charge is -2.11. The molecule has 4 N–H and O–H groups in total. The average Bonchev–Trinajstić information content (AvgIpc) is 2.90. The van der Waals surface area contributed by atoms with Gasteiger partial charge in [0.1, 0.15) is 11.6 Å². The Balaban J connectivity index is 2.06. The SMILES string of the molecule is NNc1cc(NCCn2cccn2)nc(C(F)(F)F)n1. The third-order valence-corrected chi connectivity index (χ3v) is 2.33. The number of anilines is 2. The maximum Gasteiger partial charge on any atom is 0.451 e. The lowest BCUT2D eigenvalue weighted by atomic mass is 10.4. The molecule has 7 nitrogen and oxygen atoms in total. The van der Waals surface area contributed by atoms with Gasteiger partial charge in [0.15, 0.2) is 0 Å². The van der Waals surface area contributed by atoms with E-state index in [0.717, 1.165) is 0 Å². The summed E-state index contributed by atoms with van der Waals surface area (Å²) in [6, 6.07) is 3.04. The van der Waals surface area contributed by atoms with Crippen LogP contribution in [0.5, 0.6) is 0 Å².